The summed E-state index contributed by atoms with van der Waals surface area (Å²) in [6.07, 6.45) is 0.558. The number of aryl methyl sites for hydroxylation is 1. The third-order valence-corrected chi connectivity index (χ3v) is 3.67. The SMILES string of the molecule is COCCc1noc([C@H](C)NC(=O)C(C)(C)Oc2ccc(C)cc2)n1. The molecule has 0 saturated heterocycles. The monoisotopic (exact) mass is 347 g/mol. The van der Waals surface area contributed by atoms with E-state index in [0.29, 0.717) is 30.5 Å². The molecule has 0 unspecified atom stereocenters. The molecule has 0 fully saturated rings. The van der Waals surface area contributed by atoms with Crippen LogP contribution in [0.15, 0.2) is 28.8 Å². The molecule has 2 rings (SSSR count). The number of rotatable bonds is 8. The molecule has 136 valence electrons. The van der Waals surface area contributed by atoms with Crippen molar-refractivity contribution in [1.82, 2.24) is 15.5 Å². The smallest absolute Gasteiger partial charge is 0.264 e. The standard InChI is InChI=1S/C18H25N3O4/c1-12-6-8-14(9-7-12)24-18(3,4)17(22)19-13(2)16-20-15(21-25-16)10-11-23-5/h6-9,13H,10-11H2,1-5H3,(H,19,22)/t13-/m0/s1. The molecule has 0 radical (unpaired) electrons. The second kappa shape index (κ2) is 8.11. The highest BCUT2D eigenvalue weighted by Crippen LogP contribution is 2.20. The zero-order valence-corrected chi connectivity index (χ0v) is 15.3. The maximum Gasteiger partial charge on any atom is 0.264 e. The summed E-state index contributed by atoms with van der Waals surface area (Å²) in [6.45, 7) is 7.72. The van der Waals surface area contributed by atoms with E-state index in [1.165, 1.54) is 0 Å². The van der Waals surface area contributed by atoms with Gasteiger partial charge >= 0.3 is 0 Å². The lowest BCUT2D eigenvalue weighted by Crippen LogP contribution is -2.47. The second-order valence-corrected chi connectivity index (χ2v) is 6.41. The van der Waals surface area contributed by atoms with Crippen molar-refractivity contribution >= 4 is 5.91 Å². The molecule has 1 heterocycles. The zero-order valence-electron chi connectivity index (χ0n) is 15.3. The normalized spacial score (nSPS) is 12.7. The Balaban J connectivity index is 1.96. The Morgan fingerprint density at radius 1 is 1.32 bits per heavy atom. The molecule has 0 aliphatic rings. The molecule has 1 atom stereocenters. The van der Waals surface area contributed by atoms with Crippen molar-refractivity contribution < 1.29 is 18.8 Å². The number of nitrogens with one attached hydrogen (secondary N) is 1. The first-order valence-corrected chi connectivity index (χ1v) is 8.20. The Kier molecular flexibility index (Phi) is 6.14. The number of methoxy groups -OCH3 is 1. The lowest BCUT2D eigenvalue weighted by molar-refractivity contribution is -0.135. The van der Waals surface area contributed by atoms with Crippen LogP contribution in [0.1, 0.15) is 44.1 Å². The maximum atomic E-state index is 12.6. The summed E-state index contributed by atoms with van der Waals surface area (Å²) in [5.41, 5.74) is 0.0893. The van der Waals surface area contributed by atoms with Crippen LogP contribution in [0.5, 0.6) is 5.75 Å². The lowest BCUT2D eigenvalue weighted by atomic mass is 10.1. The summed E-state index contributed by atoms with van der Waals surface area (Å²) in [5.74, 6) is 1.27. The van der Waals surface area contributed by atoms with Gasteiger partial charge in [-0.2, -0.15) is 4.98 Å². The highest BCUT2D eigenvalue weighted by molar-refractivity contribution is 5.84. The van der Waals surface area contributed by atoms with E-state index in [1.54, 1.807) is 27.9 Å². The predicted octanol–water partition coefficient (Wildman–Crippen LogP) is 2.60. The molecule has 0 aliphatic carbocycles. The van der Waals surface area contributed by atoms with Crippen LogP contribution in [-0.2, 0) is 16.0 Å². The Morgan fingerprint density at radius 3 is 2.64 bits per heavy atom. The number of carbonyl (C=O) groups excluding carboxylic acids is 1. The van der Waals surface area contributed by atoms with Gasteiger partial charge in [0, 0.05) is 13.5 Å². The highest BCUT2D eigenvalue weighted by Gasteiger charge is 2.32. The van der Waals surface area contributed by atoms with E-state index in [4.69, 9.17) is 14.0 Å². The van der Waals surface area contributed by atoms with Gasteiger partial charge in [0.25, 0.3) is 5.91 Å². The van der Waals surface area contributed by atoms with E-state index in [-0.39, 0.29) is 5.91 Å². The third kappa shape index (κ3) is 5.29. The quantitative estimate of drug-likeness (QED) is 0.790. The fourth-order valence-electron chi connectivity index (χ4n) is 2.12. The first-order valence-electron chi connectivity index (χ1n) is 8.20. The van der Waals surface area contributed by atoms with Gasteiger partial charge in [0.05, 0.1) is 6.61 Å². The molecule has 1 amide bonds. The second-order valence-electron chi connectivity index (χ2n) is 6.41. The summed E-state index contributed by atoms with van der Waals surface area (Å²) in [4.78, 5) is 16.8. The van der Waals surface area contributed by atoms with E-state index in [1.807, 2.05) is 31.2 Å². The molecular weight excluding hydrogens is 322 g/mol. The van der Waals surface area contributed by atoms with Gasteiger partial charge in [-0.05, 0) is 39.8 Å². The summed E-state index contributed by atoms with van der Waals surface area (Å²) < 4.78 is 16.0. The minimum atomic E-state index is -1.04. The number of benzene rings is 1. The number of aromatic nitrogens is 2. The van der Waals surface area contributed by atoms with Crippen LogP contribution in [0.4, 0.5) is 0 Å². The van der Waals surface area contributed by atoms with Gasteiger partial charge in [-0.15, -0.1) is 0 Å². The average Bonchev–Trinajstić information content (AvgIpc) is 3.04. The highest BCUT2D eigenvalue weighted by atomic mass is 16.5. The fraction of sp³-hybridized carbons (Fsp3) is 0.500. The Bertz CT molecular complexity index is 695. The van der Waals surface area contributed by atoms with Crippen LogP contribution >= 0.6 is 0 Å². The van der Waals surface area contributed by atoms with Gasteiger partial charge in [-0.25, -0.2) is 0 Å². The van der Waals surface area contributed by atoms with E-state index >= 15 is 0 Å². The molecule has 0 bridgehead atoms. The predicted molar refractivity (Wildman–Crippen MR) is 92.3 cm³/mol. The van der Waals surface area contributed by atoms with Crippen LogP contribution < -0.4 is 10.1 Å². The topological polar surface area (TPSA) is 86.5 Å². The van der Waals surface area contributed by atoms with Crippen LogP contribution in [0.3, 0.4) is 0 Å². The molecule has 0 saturated carbocycles. The van der Waals surface area contributed by atoms with Crippen molar-refractivity contribution in [3.8, 4) is 5.75 Å². The molecule has 7 nitrogen and oxygen atoms in total. The van der Waals surface area contributed by atoms with Crippen LogP contribution in [0.2, 0.25) is 0 Å². The Hall–Kier alpha value is -2.41. The van der Waals surface area contributed by atoms with Crippen molar-refractivity contribution in [1.29, 1.82) is 0 Å². The molecular formula is C18H25N3O4. The van der Waals surface area contributed by atoms with Gasteiger partial charge < -0.3 is 19.3 Å². The van der Waals surface area contributed by atoms with Gasteiger partial charge in [0.2, 0.25) is 5.89 Å². The van der Waals surface area contributed by atoms with Crippen molar-refractivity contribution in [3.05, 3.63) is 41.5 Å². The maximum absolute atomic E-state index is 12.6. The summed E-state index contributed by atoms with van der Waals surface area (Å²) in [7, 11) is 1.61. The lowest BCUT2D eigenvalue weighted by Gasteiger charge is -2.26. The van der Waals surface area contributed by atoms with Gasteiger partial charge in [0.1, 0.15) is 11.8 Å². The van der Waals surface area contributed by atoms with Crippen LogP contribution in [0.25, 0.3) is 0 Å². The number of nitrogens with zero attached hydrogens (tertiary/aromatic N) is 2. The van der Waals surface area contributed by atoms with Crippen molar-refractivity contribution in [2.24, 2.45) is 0 Å². The van der Waals surface area contributed by atoms with Crippen molar-refractivity contribution in [3.63, 3.8) is 0 Å². The molecule has 0 spiro atoms. The molecule has 1 aromatic carbocycles. The molecule has 1 N–H and O–H groups in total. The Morgan fingerprint density at radius 2 is 2.00 bits per heavy atom. The van der Waals surface area contributed by atoms with Crippen LogP contribution in [-0.4, -0.2) is 35.4 Å². The van der Waals surface area contributed by atoms with Crippen LogP contribution in [0, 0.1) is 6.92 Å². The number of hydrogen-bond donors (Lipinski definition) is 1. The number of carbonyl (C=O) groups is 1. The van der Waals surface area contributed by atoms with E-state index < -0.39 is 11.6 Å². The first kappa shape index (κ1) is 18.9. The largest absolute Gasteiger partial charge is 0.478 e. The molecule has 1 aromatic heterocycles. The van der Waals surface area contributed by atoms with E-state index in [9.17, 15) is 4.79 Å². The van der Waals surface area contributed by atoms with Gasteiger partial charge in [-0.1, -0.05) is 22.9 Å². The summed E-state index contributed by atoms with van der Waals surface area (Å²) in [5, 5.41) is 6.72. The minimum Gasteiger partial charge on any atom is -0.478 e. The van der Waals surface area contributed by atoms with Gasteiger partial charge in [0.15, 0.2) is 11.4 Å². The van der Waals surface area contributed by atoms with Gasteiger partial charge in [-0.3, -0.25) is 4.79 Å². The molecule has 2 aromatic rings. The zero-order chi connectivity index (χ0) is 18.4. The number of amides is 1. The number of hydrogen-bond acceptors (Lipinski definition) is 6. The minimum absolute atomic E-state index is 0.266. The van der Waals surface area contributed by atoms with E-state index in [0.717, 1.165) is 5.56 Å². The summed E-state index contributed by atoms with van der Waals surface area (Å²) in [6, 6.07) is 7.14. The van der Waals surface area contributed by atoms with Crippen molar-refractivity contribution in [2.45, 2.75) is 45.8 Å². The van der Waals surface area contributed by atoms with E-state index in [2.05, 4.69) is 15.5 Å². The third-order valence-electron chi connectivity index (χ3n) is 3.67. The first-order chi connectivity index (χ1) is 11.8. The Labute approximate surface area is 147 Å². The van der Waals surface area contributed by atoms with Crippen molar-refractivity contribution in [2.75, 3.05) is 13.7 Å². The summed E-state index contributed by atoms with van der Waals surface area (Å²) >= 11 is 0. The number of ether oxygens (including phenoxy) is 2. The fourth-order valence-corrected chi connectivity index (χ4v) is 2.12. The molecule has 0 aliphatic heterocycles. The molecule has 25 heavy (non-hydrogen) atoms. The molecule has 7 heteroatoms. The average molecular weight is 347 g/mol.